The van der Waals surface area contributed by atoms with Crippen molar-refractivity contribution in [3.8, 4) is 0 Å². The van der Waals surface area contributed by atoms with Crippen LogP contribution >= 0.6 is 0 Å². The summed E-state index contributed by atoms with van der Waals surface area (Å²) in [4.78, 5) is 0. The van der Waals surface area contributed by atoms with Gasteiger partial charge in [-0.2, -0.15) is 0 Å². The van der Waals surface area contributed by atoms with Gasteiger partial charge >= 0.3 is 0 Å². The van der Waals surface area contributed by atoms with Crippen molar-refractivity contribution in [1.29, 1.82) is 0 Å². The number of halogens is 3. The van der Waals surface area contributed by atoms with E-state index in [2.05, 4.69) is 0 Å². The summed E-state index contributed by atoms with van der Waals surface area (Å²) in [6.07, 6.45) is 1.85. The highest BCUT2D eigenvalue weighted by molar-refractivity contribution is 5.98. The molecule has 1 aliphatic rings. The Morgan fingerprint density at radius 3 is 2.35 bits per heavy atom. The van der Waals surface area contributed by atoms with Crippen LogP contribution in [0, 0.1) is 17.5 Å². The van der Waals surface area contributed by atoms with E-state index in [0.717, 1.165) is 18.9 Å². The van der Waals surface area contributed by atoms with Crippen LogP contribution in [-0.2, 0) is 15.8 Å². The Hall–Kier alpha value is -0.853. The molecule has 2 nitrogen and oxygen atoms in total. The summed E-state index contributed by atoms with van der Waals surface area (Å²) < 4.78 is 49.4. The van der Waals surface area contributed by atoms with Gasteiger partial charge in [0.15, 0.2) is 11.6 Å². The molecule has 17 heavy (non-hydrogen) atoms. The Morgan fingerprint density at radius 2 is 1.71 bits per heavy atom. The summed E-state index contributed by atoms with van der Waals surface area (Å²) in [6.45, 7) is -0.0401. The smallest absolute Gasteiger partial charge is 0.161 e. The van der Waals surface area contributed by atoms with Gasteiger partial charge in [-0.05, 0) is 18.9 Å². The van der Waals surface area contributed by atoms with E-state index >= 15 is 0 Å². The summed E-state index contributed by atoms with van der Waals surface area (Å²) in [5, 5.41) is 0. The van der Waals surface area contributed by atoms with Crippen molar-refractivity contribution in [1.82, 2.24) is 0 Å². The fourth-order valence-electron chi connectivity index (χ4n) is 1.73. The van der Waals surface area contributed by atoms with Crippen LogP contribution in [0.25, 0.3) is 0 Å². The van der Waals surface area contributed by atoms with E-state index in [1.807, 2.05) is 0 Å². The molecular formula is C11H13F3O2Si. The minimum atomic E-state index is -1.18. The quantitative estimate of drug-likeness (QED) is 0.604. The lowest BCUT2D eigenvalue weighted by Crippen LogP contribution is -2.37. The highest BCUT2D eigenvalue weighted by Crippen LogP contribution is 2.27. The molecule has 0 amide bonds. The van der Waals surface area contributed by atoms with Gasteiger partial charge in [-0.1, -0.05) is 0 Å². The predicted molar refractivity (Wildman–Crippen MR) is 58.9 cm³/mol. The molecule has 0 radical (unpaired) electrons. The van der Waals surface area contributed by atoms with Gasteiger partial charge in [0.25, 0.3) is 0 Å². The lowest BCUT2D eigenvalue weighted by molar-refractivity contribution is -0.0672. The molecule has 0 aromatic heterocycles. The van der Waals surface area contributed by atoms with Crippen molar-refractivity contribution < 1.29 is 22.3 Å². The van der Waals surface area contributed by atoms with Crippen molar-refractivity contribution in [2.24, 2.45) is 0 Å². The third kappa shape index (κ3) is 2.88. The number of ether oxygens (including phenoxy) is 1. The number of hydrogen-bond donors (Lipinski definition) is 0. The Balaban J connectivity index is 1.89. The molecule has 1 aromatic rings. The molecule has 1 aliphatic carbocycles. The molecule has 94 valence electrons. The molecule has 2 rings (SSSR count). The first-order valence-electron chi connectivity index (χ1n) is 5.38. The van der Waals surface area contributed by atoms with Crippen LogP contribution in [-0.4, -0.2) is 22.7 Å². The minimum absolute atomic E-state index is 0.0291. The van der Waals surface area contributed by atoms with E-state index < -0.39 is 17.5 Å². The zero-order valence-electron chi connectivity index (χ0n) is 9.38. The van der Waals surface area contributed by atoms with Gasteiger partial charge in [-0.15, -0.1) is 0 Å². The van der Waals surface area contributed by atoms with Crippen molar-refractivity contribution >= 4 is 10.5 Å². The lowest BCUT2D eigenvalue weighted by atomic mass is 9.92. The average Bonchev–Trinajstić information content (AvgIpc) is 2.23. The molecule has 1 saturated carbocycles. The number of benzene rings is 1. The van der Waals surface area contributed by atoms with Crippen LogP contribution in [0.2, 0.25) is 0 Å². The number of hydrogen-bond acceptors (Lipinski definition) is 2. The predicted octanol–water partition coefficient (Wildman–Crippen LogP) is 1.45. The van der Waals surface area contributed by atoms with Gasteiger partial charge < -0.3 is 9.16 Å². The molecule has 0 aliphatic heterocycles. The van der Waals surface area contributed by atoms with Gasteiger partial charge in [0.2, 0.25) is 0 Å². The molecule has 0 heterocycles. The third-order valence-corrected chi connectivity index (χ3v) is 3.62. The molecule has 0 N–H and O–H groups in total. The summed E-state index contributed by atoms with van der Waals surface area (Å²) >= 11 is 0. The summed E-state index contributed by atoms with van der Waals surface area (Å²) in [6, 6.07) is 1.38. The largest absolute Gasteiger partial charge is 0.425 e. The molecule has 0 bridgehead atoms. The molecule has 6 heteroatoms. The molecule has 1 aromatic carbocycles. The second-order valence-corrected chi connectivity index (χ2v) is 4.59. The molecular weight excluding hydrogens is 249 g/mol. The average molecular weight is 262 g/mol. The van der Waals surface area contributed by atoms with Gasteiger partial charge in [0, 0.05) is 17.7 Å². The van der Waals surface area contributed by atoms with Crippen molar-refractivity contribution in [2.45, 2.75) is 31.7 Å². The monoisotopic (exact) mass is 262 g/mol. The third-order valence-electron chi connectivity index (χ3n) is 2.95. The van der Waals surface area contributed by atoms with E-state index in [1.165, 1.54) is 0 Å². The van der Waals surface area contributed by atoms with Crippen LogP contribution in [0.3, 0.4) is 0 Å². The lowest BCUT2D eigenvalue weighted by Gasteiger charge is -2.34. The van der Waals surface area contributed by atoms with Crippen LogP contribution in [0.5, 0.6) is 0 Å². The van der Waals surface area contributed by atoms with Gasteiger partial charge in [0.1, 0.15) is 16.3 Å². The van der Waals surface area contributed by atoms with E-state index in [1.54, 1.807) is 0 Å². The van der Waals surface area contributed by atoms with Crippen LogP contribution in [0.4, 0.5) is 13.2 Å². The standard InChI is InChI=1S/C11H13F3O2Si/c12-9-4-11(14)10(13)1-6(9)5-15-7-2-8(3-7)16-17/h1,4,7-8H,2-3,5H2,17H3/t7-,8+. The van der Waals surface area contributed by atoms with Gasteiger partial charge in [-0.3, -0.25) is 0 Å². The second kappa shape index (κ2) is 5.20. The Kier molecular flexibility index (Phi) is 3.85. The topological polar surface area (TPSA) is 18.5 Å². The van der Waals surface area contributed by atoms with E-state index in [-0.39, 0.29) is 24.4 Å². The zero-order valence-corrected chi connectivity index (χ0v) is 11.4. The Labute approximate surface area is 100 Å². The first-order valence-corrected chi connectivity index (χ1v) is 6.19. The Morgan fingerprint density at radius 1 is 1.06 bits per heavy atom. The summed E-state index contributed by atoms with van der Waals surface area (Å²) in [5.41, 5.74) is 0.0409. The maximum absolute atomic E-state index is 13.2. The molecule has 0 saturated heterocycles. The first-order chi connectivity index (χ1) is 8.10. The van der Waals surface area contributed by atoms with Gasteiger partial charge in [0.05, 0.1) is 12.7 Å². The SMILES string of the molecule is Fc1cc(F)c(CO[C@H]2C[C@@H](O[SiH3])C2)cc1F. The fourth-order valence-corrected chi connectivity index (χ4v) is 2.11. The molecule has 0 atom stereocenters. The van der Waals surface area contributed by atoms with Gasteiger partial charge in [-0.25, -0.2) is 13.2 Å². The first kappa shape index (κ1) is 12.6. The second-order valence-electron chi connectivity index (χ2n) is 4.12. The van der Waals surface area contributed by atoms with Crippen LogP contribution in [0.1, 0.15) is 18.4 Å². The normalized spacial score (nSPS) is 23.7. The number of rotatable bonds is 4. The Bertz CT molecular complexity index is 408. The van der Waals surface area contributed by atoms with E-state index in [4.69, 9.17) is 9.16 Å². The maximum atomic E-state index is 13.2. The van der Waals surface area contributed by atoms with Crippen molar-refractivity contribution in [3.05, 3.63) is 35.1 Å². The molecule has 1 fully saturated rings. The van der Waals surface area contributed by atoms with Crippen molar-refractivity contribution in [2.75, 3.05) is 0 Å². The highest BCUT2D eigenvalue weighted by Gasteiger charge is 2.29. The van der Waals surface area contributed by atoms with Crippen molar-refractivity contribution in [3.63, 3.8) is 0 Å². The van der Waals surface area contributed by atoms with Crippen LogP contribution in [0.15, 0.2) is 12.1 Å². The minimum Gasteiger partial charge on any atom is -0.425 e. The molecule has 0 spiro atoms. The zero-order chi connectivity index (χ0) is 12.4. The molecule has 0 unspecified atom stereocenters. The van der Waals surface area contributed by atoms with Crippen LogP contribution < -0.4 is 0 Å². The highest BCUT2D eigenvalue weighted by atomic mass is 28.2. The summed E-state index contributed by atoms with van der Waals surface area (Å²) in [7, 11) is 0.694. The fraction of sp³-hybridized carbons (Fsp3) is 0.455. The van der Waals surface area contributed by atoms with E-state index in [0.29, 0.717) is 16.6 Å². The summed E-state index contributed by atoms with van der Waals surface area (Å²) in [5.74, 6) is -3.02. The van der Waals surface area contributed by atoms with E-state index in [9.17, 15) is 13.2 Å². The maximum Gasteiger partial charge on any atom is 0.161 e.